The van der Waals surface area contributed by atoms with Gasteiger partial charge in [0.15, 0.2) is 0 Å². The van der Waals surface area contributed by atoms with Crippen molar-refractivity contribution < 1.29 is 4.92 Å². The highest BCUT2D eigenvalue weighted by atomic mass is 79.9. The minimum absolute atomic E-state index is 0.0863. The largest absolute Gasteiger partial charge is 0.309 e. The van der Waals surface area contributed by atoms with E-state index in [4.69, 9.17) is 0 Å². The third-order valence-electron chi connectivity index (χ3n) is 2.65. The molecule has 1 N–H and O–H groups in total. The Morgan fingerprint density at radius 1 is 1.21 bits per heavy atom. The first-order valence-corrected chi connectivity index (χ1v) is 6.49. The molecule has 5 nitrogen and oxygen atoms in total. The van der Waals surface area contributed by atoms with Crippen LogP contribution in [0, 0.1) is 10.1 Å². The lowest BCUT2D eigenvalue weighted by molar-refractivity contribution is -0.385. The lowest BCUT2D eigenvalue weighted by atomic mass is 10.2. The van der Waals surface area contributed by atoms with Gasteiger partial charge in [-0.2, -0.15) is 0 Å². The maximum absolute atomic E-state index is 10.8. The van der Waals surface area contributed by atoms with Crippen molar-refractivity contribution in [3.05, 3.63) is 68.4 Å². The van der Waals surface area contributed by atoms with E-state index >= 15 is 0 Å². The quantitative estimate of drug-likeness (QED) is 0.679. The fourth-order valence-electron chi connectivity index (χ4n) is 1.69. The molecule has 0 spiro atoms. The topological polar surface area (TPSA) is 68.1 Å². The molecule has 19 heavy (non-hydrogen) atoms. The number of pyridine rings is 1. The second-order valence-electron chi connectivity index (χ2n) is 3.97. The van der Waals surface area contributed by atoms with Crippen LogP contribution in [-0.4, -0.2) is 9.91 Å². The Hall–Kier alpha value is -1.79. The van der Waals surface area contributed by atoms with Gasteiger partial charge in [0, 0.05) is 31.5 Å². The van der Waals surface area contributed by atoms with Crippen LogP contribution in [0.5, 0.6) is 0 Å². The van der Waals surface area contributed by atoms with E-state index in [1.54, 1.807) is 18.5 Å². The van der Waals surface area contributed by atoms with Crippen LogP contribution in [0.15, 0.2) is 47.2 Å². The zero-order valence-electron chi connectivity index (χ0n) is 10.0. The zero-order valence-corrected chi connectivity index (χ0v) is 11.6. The van der Waals surface area contributed by atoms with E-state index in [2.05, 4.69) is 26.2 Å². The van der Waals surface area contributed by atoms with Gasteiger partial charge in [0.2, 0.25) is 0 Å². The smallest absolute Gasteiger partial charge is 0.283 e. The molecule has 0 bridgehead atoms. The van der Waals surface area contributed by atoms with Crippen LogP contribution < -0.4 is 5.32 Å². The fraction of sp³-hybridized carbons (Fsp3) is 0.154. The van der Waals surface area contributed by atoms with Gasteiger partial charge in [-0.1, -0.05) is 12.1 Å². The Labute approximate surface area is 119 Å². The number of rotatable bonds is 5. The lowest BCUT2D eigenvalue weighted by Gasteiger charge is -2.07. The molecular formula is C13H12BrN3O2. The lowest BCUT2D eigenvalue weighted by Crippen LogP contribution is -2.13. The van der Waals surface area contributed by atoms with Gasteiger partial charge < -0.3 is 5.32 Å². The molecule has 1 heterocycles. The summed E-state index contributed by atoms with van der Waals surface area (Å²) < 4.78 is 0.530. The normalized spacial score (nSPS) is 10.4. The molecule has 0 unspecified atom stereocenters. The zero-order chi connectivity index (χ0) is 13.7. The number of nitro groups is 1. The van der Waals surface area contributed by atoms with Gasteiger partial charge >= 0.3 is 0 Å². The Balaban J connectivity index is 2.00. The van der Waals surface area contributed by atoms with Crippen molar-refractivity contribution in [1.82, 2.24) is 10.3 Å². The van der Waals surface area contributed by atoms with Gasteiger partial charge in [0.05, 0.1) is 9.40 Å². The Kier molecular flexibility index (Phi) is 4.59. The predicted molar refractivity (Wildman–Crippen MR) is 75.6 cm³/mol. The van der Waals surface area contributed by atoms with Crippen LogP contribution in [0.1, 0.15) is 11.1 Å². The summed E-state index contributed by atoms with van der Waals surface area (Å²) in [5.41, 5.74) is 2.07. The average molecular weight is 322 g/mol. The highest BCUT2D eigenvalue weighted by molar-refractivity contribution is 9.10. The summed E-state index contributed by atoms with van der Waals surface area (Å²) in [6.45, 7) is 1.25. The first kappa shape index (κ1) is 13.6. The monoisotopic (exact) mass is 321 g/mol. The molecule has 0 saturated heterocycles. The van der Waals surface area contributed by atoms with E-state index in [1.807, 2.05) is 18.2 Å². The first-order chi connectivity index (χ1) is 9.18. The highest BCUT2D eigenvalue weighted by Gasteiger charge is 2.14. The standard InChI is InChI=1S/C13H12BrN3O2/c14-13-11(2-1-3-12(13)17(18)19)9-16-8-10-4-6-15-7-5-10/h1-7,16H,8-9H2. The molecule has 1 aromatic heterocycles. The third kappa shape index (κ3) is 3.59. The second-order valence-corrected chi connectivity index (χ2v) is 4.76. The van der Waals surface area contributed by atoms with Crippen molar-refractivity contribution in [1.29, 1.82) is 0 Å². The van der Waals surface area contributed by atoms with E-state index < -0.39 is 4.92 Å². The molecule has 0 aliphatic rings. The first-order valence-electron chi connectivity index (χ1n) is 5.70. The van der Waals surface area contributed by atoms with Crippen molar-refractivity contribution in [2.24, 2.45) is 0 Å². The second kappa shape index (κ2) is 6.40. The summed E-state index contributed by atoms with van der Waals surface area (Å²) in [6.07, 6.45) is 3.47. The summed E-state index contributed by atoms with van der Waals surface area (Å²) in [6, 6.07) is 8.88. The summed E-state index contributed by atoms with van der Waals surface area (Å²) in [7, 11) is 0. The number of hydrogen-bond acceptors (Lipinski definition) is 4. The number of halogens is 1. The highest BCUT2D eigenvalue weighted by Crippen LogP contribution is 2.28. The molecule has 2 rings (SSSR count). The predicted octanol–water partition coefficient (Wildman–Crippen LogP) is 3.04. The van der Waals surface area contributed by atoms with Crippen LogP contribution in [0.25, 0.3) is 0 Å². The molecule has 0 aliphatic heterocycles. The minimum atomic E-state index is -0.392. The molecule has 0 aliphatic carbocycles. The third-order valence-corrected chi connectivity index (χ3v) is 3.56. The molecule has 0 atom stereocenters. The van der Waals surface area contributed by atoms with Gasteiger partial charge in [-0.3, -0.25) is 15.1 Å². The molecule has 6 heteroatoms. The molecule has 0 radical (unpaired) electrons. The number of aromatic nitrogens is 1. The van der Waals surface area contributed by atoms with E-state index in [0.29, 0.717) is 17.6 Å². The summed E-state index contributed by atoms with van der Waals surface area (Å²) >= 11 is 3.28. The van der Waals surface area contributed by atoms with Crippen LogP contribution >= 0.6 is 15.9 Å². The van der Waals surface area contributed by atoms with Gasteiger partial charge in [-0.15, -0.1) is 0 Å². The summed E-state index contributed by atoms with van der Waals surface area (Å²) in [5.74, 6) is 0. The van der Waals surface area contributed by atoms with Crippen molar-refractivity contribution in [2.45, 2.75) is 13.1 Å². The van der Waals surface area contributed by atoms with E-state index in [0.717, 1.165) is 11.1 Å². The van der Waals surface area contributed by atoms with Crippen molar-refractivity contribution in [3.8, 4) is 0 Å². The Bertz CT molecular complexity index is 575. The molecule has 0 fully saturated rings. The van der Waals surface area contributed by atoms with Crippen LogP contribution in [0.2, 0.25) is 0 Å². The fourth-order valence-corrected chi connectivity index (χ4v) is 2.24. The minimum Gasteiger partial charge on any atom is -0.309 e. The number of hydrogen-bond donors (Lipinski definition) is 1. The van der Waals surface area contributed by atoms with Crippen LogP contribution in [0.3, 0.4) is 0 Å². The van der Waals surface area contributed by atoms with E-state index in [-0.39, 0.29) is 5.69 Å². The number of benzene rings is 1. The summed E-state index contributed by atoms with van der Waals surface area (Å²) in [5, 5.41) is 14.1. The van der Waals surface area contributed by atoms with Crippen LogP contribution in [0.4, 0.5) is 5.69 Å². The Morgan fingerprint density at radius 3 is 2.63 bits per heavy atom. The number of nitrogens with one attached hydrogen (secondary N) is 1. The molecule has 1 aromatic carbocycles. The maximum Gasteiger partial charge on any atom is 0.283 e. The van der Waals surface area contributed by atoms with Crippen molar-refractivity contribution in [2.75, 3.05) is 0 Å². The molecule has 0 saturated carbocycles. The van der Waals surface area contributed by atoms with Gasteiger partial charge in [-0.25, -0.2) is 0 Å². The Morgan fingerprint density at radius 2 is 1.95 bits per heavy atom. The molecule has 0 amide bonds. The number of nitrogens with zero attached hydrogens (tertiary/aromatic N) is 2. The van der Waals surface area contributed by atoms with E-state index in [1.165, 1.54) is 6.07 Å². The molecule has 98 valence electrons. The van der Waals surface area contributed by atoms with Gasteiger partial charge in [0.25, 0.3) is 5.69 Å². The van der Waals surface area contributed by atoms with Crippen molar-refractivity contribution in [3.63, 3.8) is 0 Å². The molecular weight excluding hydrogens is 310 g/mol. The number of nitro benzene ring substituents is 1. The molecule has 2 aromatic rings. The van der Waals surface area contributed by atoms with Crippen molar-refractivity contribution >= 4 is 21.6 Å². The maximum atomic E-state index is 10.8. The van der Waals surface area contributed by atoms with Gasteiger partial charge in [-0.05, 0) is 39.2 Å². The van der Waals surface area contributed by atoms with Crippen LogP contribution in [-0.2, 0) is 13.1 Å². The SMILES string of the molecule is O=[N+]([O-])c1cccc(CNCc2ccncc2)c1Br. The average Bonchev–Trinajstić information content (AvgIpc) is 2.41. The summed E-state index contributed by atoms with van der Waals surface area (Å²) in [4.78, 5) is 14.4. The van der Waals surface area contributed by atoms with E-state index in [9.17, 15) is 10.1 Å². The van der Waals surface area contributed by atoms with Gasteiger partial charge in [0.1, 0.15) is 0 Å².